The number of benzene rings is 1. The highest BCUT2D eigenvalue weighted by Gasteiger charge is 2.11. The fourth-order valence-corrected chi connectivity index (χ4v) is 2.38. The van der Waals surface area contributed by atoms with E-state index in [9.17, 15) is 4.79 Å². The number of carbonyl (C=O) groups excluding carboxylic acids is 1. The number of pyridine rings is 1. The molecule has 0 spiro atoms. The van der Waals surface area contributed by atoms with Crippen molar-refractivity contribution in [3.63, 3.8) is 0 Å². The molecule has 0 fully saturated rings. The van der Waals surface area contributed by atoms with E-state index in [0.29, 0.717) is 23.9 Å². The molecule has 2 aromatic rings. The van der Waals surface area contributed by atoms with Crippen LogP contribution in [0.3, 0.4) is 0 Å². The summed E-state index contributed by atoms with van der Waals surface area (Å²) in [5.74, 6) is 0.541. The third kappa shape index (κ3) is 4.21. The van der Waals surface area contributed by atoms with Crippen LogP contribution in [0.2, 0.25) is 5.02 Å². The van der Waals surface area contributed by atoms with Crippen molar-refractivity contribution < 1.29 is 9.53 Å². The summed E-state index contributed by atoms with van der Waals surface area (Å²) in [5.41, 5.74) is 1.86. The SMILES string of the molecule is CCN(CC)C(=O)COc1cc(Cl)cc(-c2cccnc2)c1. The number of likely N-dealkylation sites (N-methyl/N-ethyl adjacent to an activating group) is 1. The molecule has 0 atom stereocenters. The van der Waals surface area contributed by atoms with Gasteiger partial charge in [-0.05, 0) is 43.7 Å². The van der Waals surface area contributed by atoms with Crippen LogP contribution < -0.4 is 4.74 Å². The molecular formula is C17H19ClN2O2. The minimum atomic E-state index is -0.0343. The number of ether oxygens (including phenoxy) is 1. The quantitative estimate of drug-likeness (QED) is 0.816. The van der Waals surface area contributed by atoms with Gasteiger partial charge in [-0.15, -0.1) is 0 Å². The number of halogens is 1. The second kappa shape index (κ2) is 7.80. The van der Waals surface area contributed by atoms with Crippen LogP contribution in [-0.2, 0) is 4.79 Å². The van der Waals surface area contributed by atoms with Gasteiger partial charge >= 0.3 is 0 Å². The zero-order valence-corrected chi connectivity index (χ0v) is 13.5. The van der Waals surface area contributed by atoms with Gasteiger partial charge in [0.05, 0.1) is 0 Å². The van der Waals surface area contributed by atoms with Gasteiger partial charge in [-0.2, -0.15) is 0 Å². The van der Waals surface area contributed by atoms with E-state index in [1.54, 1.807) is 23.4 Å². The monoisotopic (exact) mass is 318 g/mol. The molecule has 0 aliphatic rings. The van der Waals surface area contributed by atoms with Crippen LogP contribution in [0.15, 0.2) is 42.7 Å². The van der Waals surface area contributed by atoms with Crippen molar-refractivity contribution in [2.24, 2.45) is 0 Å². The van der Waals surface area contributed by atoms with Gasteiger partial charge in [0.2, 0.25) is 0 Å². The molecule has 0 aliphatic heterocycles. The van der Waals surface area contributed by atoms with E-state index in [4.69, 9.17) is 16.3 Å². The van der Waals surface area contributed by atoms with Crippen LogP contribution in [0.25, 0.3) is 11.1 Å². The van der Waals surface area contributed by atoms with Crippen LogP contribution in [0.1, 0.15) is 13.8 Å². The summed E-state index contributed by atoms with van der Waals surface area (Å²) < 4.78 is 5.60. The van der Waals surface area contributed by atoms with E-state index >= 15 is 0 Å². The third-order valence-electron chi connectivity index (χ3n) is 3.34. The number of hydrogen-bond donors (Lipinski definition) is 0. The molecule has 1 heterocycles. The van der Waals surface area contributed by atoms with E-state index < -0.39 is 0 Å². The number of amides is 1. The summed E-state index contributed by atoms with van der Waals surface area (Å²) >= 11 is 6.14. The largest absolute Gasteiger partial charge is 0.484 e. The van der Waals surface area contributed by atoms with Crippen LogP contribution in [-0.4, -0.2) is 35.5 Å². The van der Waals surface area contributed by atoms with Crippen LogP contribution in [0, 0.1) is 0 Å². The Kier molecular flexibility index (Phi) is 5.78. The molecule has 0 saturated heterocycles. The van der Waals surface area contributed by atoms with E-state index in [2.05, 4.69) is 4.98 Å². The first-order chi connectivity index (χ1) is 10.6. The number of nitrogens with zero attached hydrogens (tertiary/aromatic N) is 2. The lowest BCUT2D eigenvalue weighted by Gasteiger charge is -2.18. The Morgan fingerprint density at radius 1 is 1.23 bits per heavy atom. The maximum Gasteiger partial charge on any atom is 0.260 e. The summed E-state index contributed by atoms with van der Waals surface area (Å²) in [5, 5.41) is 0.562. The molecule has 1 aromatic carbocycles. The predicted octanol–water partition coefficient (Wildman–Crippen LogP) is 3.65. The van der Waals surface area contributed by atoms with Crippen LogP contribution in [0.5, 0.6) is 5.75 Å². The van der Waals surface area contributed by atoms with Gasteiger partial charge in [-0.3, -0.25) is 9.78 Å². The molecule has 116 valence electrons. The van der Waals surface area contributed by atoms with E-state index in [1.165, 1.54) is 0 Å². The molecular weight excluding hydrogens is 300 g/mol. The Morgan fingerprint density at radius 2 is 2.00 bits per heavy atom. The molecule has 0 unspecified atom stereocenters. The average molecular weight is 319 g/mol. The Hall–Kier alpha value is -2.07. The van der Waals surface area contributed by atoms with Gasteiger partial charge in [0.1, 0.15) is 5.75 Å². The van der Waals surface area contributed by atoms with Gasteiger partial charge in [-0.25, -0.2) is 0 Å². The molecule has 0 bridgehead atoms. The highest BCUT2D eigenvalue weighted by atomic mass is 35.5. The number of rotatable bonds is 6. The normalized spacial score (nSPS) is 10.3. The molecule has 0 N–H and O–H groups in total. The Bertz CT molecular complexity index is 628. The lowest BCUT2D eigenvalue weighted by atomic mass is 10.1. The van der Waals surface area contributed by atoms with Crippen LogP contribution in [0.4, 0.5) is 0 Å². The van der Waals surface area contributed by atoms with Crippen LogP contribution >= 0.6 is 11.6 Å². The van der Waals surface area contributed by atoms with Gasteiger partial charge < -0.3 is 9.64 Å². The van der Waals surface area contributed by atoms with Crippen molar-refractivity contribution in [2.75, 3.05) is 19.7 Å². The first-order valence-corrected chi connectivity index (χ1v) is 7.63. The van der Waals surface area contributed by atoms with Crippen molar-refractivity contribution in [2.45, 2.75) is 13.8 Å². The molecule has 1 amide bonds. The second-order valence-corrected chi connectivity index (χ2v) is 5.21. The topological polar surface area (TPSA) is 42.4 Å². The van der Waals surface area contributed by atoms with Gasteiger partial charge in [-0.1, -0.05) is 17.7 Å². The Morgan fingerprint density at radius 3 is 2.64 bits per heavy atom. The van der Waals surface area contributed by atoms with Crippen molar-refractivity contribution in [1.29, 1.82) is 0 Å². The molecule has 4 nitrogen and oxygen atoms in total. The first kappa shape index (κ1) is 16.3. The van der Waals surface area contributed by atoms with Gasteiger partial charge in [0, 0.05) is 36.1 Å². The Balaban J connectivity index is 2.12. The molecule has 1 aromatic heterocycles. The fraction of sp³-hybridized carbons (Fsp3) is 0.294. The molecule has 0 aliphatic carbocycles. The molecule has 2 rings (SSSR count). The highest BCUT2D eigenvalue weighted by Crippen LogP contribution is 2.28. The number of aromatic nitrogens is 1. The Labute approximate surface area is 135 Å². The summed E-state index contributed by atoms with van der Waals surface area (Å²) in [7, 11) is 0. The summed E-state index contributed by atoms with van der Waals surface area (Å²) in [6, 6.07) is 9.22. The van der Waals surface area contributed by atoms with E-state index in [-0.39, 0.29) is 12.5 Å². The highest BCUT2D eigenvalue weighted by molar-refractivity contribution is 6.31. The molecule has 0 saturated carbocycles. The van der Waals surface area contributed by atoms with E-state index in [0.717, 1.165) is 11.1 Å². The lowest BCUT2D eigenvalue weighted by molar-refractivity contribution is -0.132. The standard InChI is InChI=1S/C17H19ClN2O2/c1-3-20(4-2)17(21)12-22-16-9-14(8-15(18)10-16)13-6-5-7-19-11-13/h5-11H,3-4,12H2,1-2H3. The van der Waals surface area contributed by atoms with Gasteiger partial charge in [0.15, 0.2) is 6.61 Å². The van der Waals surface area contributed by atoms with Crippen molar-refractivity contribution in [1.82, 2.24) is 9.88 Å². The first-order valence-electron chi connectivity index (χ1n) is 7.25. The third-order valence-corrected chi connectivity index (χ3v) is 3.56. The number of hydrogen-bond acceptors (Lipinski definition) is 3. The molecule has 0 radical (unpaired) electrons. The molecule has 22 heavy (non-hydrogen) atoms. The van der Waals surface area contributed by atoms with E-state index in [1.807, 2.05) is 38.1 Å². The predicted molar refractivity (Wildman–Crippen MR) is 88.1 cm³/mol. The maximum absolute atomic E-state index is 12.0. The summed E-state index contributed by atoms with van der Waals surface area (Å²) in [6.07, 6.45) is 3.48. The van der Waals surface area contributed by atoms with Crippen molar-refractivity contribution >= 4 is 17.5 Å². The second-order valence-electron chi connectivity index (χ2n) is 4.77. The average Bonchev–Trinajstić information content (AvgIpc) is 2.54. The summed E-state index contributed by atoms with van der Waals surface area (Å²) in [4.78, 5) is 17.8. The smallest absolute Gasteiger partial charge is 0.260 e. The van der Waals surface area contributed by atoms with Crippen molar-refractivity contribution in [3.05, 3.63) is 47.7 Å². The maximum atomic E-state index is 12.0. The zero-order valence-electron chi connectivity index (χ0n) is 12.8. The summed E-state index contributed by atoms with van der Waals surface area (Å²) in [6.45, 7) is 5.25. The zero-order chi connectivity index (χ0) is 15.9. The lowest BCUT2D eigenvalue weighted by Crippen LogP contribution is -2.34. The number of carbonyl (C=O) groups is 1. The minimum absolute atomic E-state index is 0.00843. The fourth-order valence-electron chi connectivity index (χ4n) is 2.16. The van der Waals surface area contributed by atoms with Crippen molar-refractivity contribution in [3.8, 4) is 16.9 Å². The molecule has 5 heteroatoms. The van der Waals surface area contributed by atoms with Gasteiger partial charge in [0.25, 0.3) is 5.91 Å². The minimum Gasteiger partial charge on any atom is -0.484 e.